The van der Waals surface area contributed by atoms with Gasteiger partial charge < -0.3 is 10.4 Å². The van der Waals surface area contributed by atoms with Gasteiger partial charge in [-0.3, -0.25) is 4.79 Å². The number of amides is 1. The minimum Gasteiger partial charge on any atom is -0.507 e. The van der Waals surface area contributed by atoms with Crippen LogP contribution in [-0.4, -0.2) is 16.9 Å². The Morgan fingerprint density at radius 3 is 2.53 bits per heavy atom. The van der Waals surface area contributed by atoms with E-state index in [0.717, 1.165) is 5.39 Å². The van der Waals surface area contributed by atoms with Crippen molar-refractivity contribution in [3.63, 3.8) is 0 Å². The zero-order valence-corrected chi connectivity index (χ0v) is 11.7. The van der Waals surface area contributed by atoms with Crippen LogP contribution in [0.1, 0.15) is 13.8 Å². The number of aromatic hydroxyl groups is 1. The maximum absolute atomic E-state index is 12.1. The molecule has 0 aromatic heterocycles. The number of hydrogen-bond acceptors (Lipinski definition) is 2. The summed E-state index contributed by atoms with van der Waals surface area (Å²) in [6.07, 6.45) is 0. The van der Waals surface area contributed by atoms with Crippen LogP contribution in [0.25, 0.3) is 10.8 Å². The standard InChI is InChI=1S/C15H16ClNO2/c1-15(2,9-16)14(19)17-12-7-3-6-11-10(12)5-4-8-13(11)18/h3-8,18H,9H2,1-2H3,(H,17,19). The fourth-order valence-electron chi connectivity index (χ4n) is 1.75. The zero-order valence-electron chi connectivity index (χ0n) is 10.9. The van der Waals surface area contributed by atoms with E-state index in [1.807, 2.05) is 18.2 Å². The normalized spacial score (nSPS) is 11.5. The average molecular weight is 278 g/mol. The van der Waals surface area contributed by atoms with Crippen molar-refractivity contribution in [1.29, 1.82) is 0 Å². The van der Waals surface area contributed by atoms with Gasteiger partial charge in [-0.05, 0) is 26.0 Å². The third-order valence-electron chi connectivity index (χ3n) is 3.10. The quantitative estimate of drug-likeness (QED) is 0.840. The first kappa shape index (κ1) is 13.7. The van der Waals surface area contributed by atoms with Crippen LogP contribution in [0.4, 0.5) is 5.69 Å². The number of phenols is 1. The van der Waals surface area contributed by atoms with Crippen molar-refractivity contribution in [1.82, 2.24) is 0 Å². The van der Waals surface area contributed by atoms with E-state index in [0.29, 0.717) is 11.1 Å². The first-order valence-electron chi connectivity index (χ1n) is 6.04. The van der Waals surface area contributed by atoms with Gasteiger partial charge in [-0.15, -0.1) is 11.6 Å². The summed E-state index contributed by atoms with van der Waals surface area (Å²) in [5.74, 6) is 0.304. The molecule has 0 saturated carbocycles. The number of phenolic OH excluding ortho intramolecular Hbond substituents is 1. The Morgan fingerprint density at radius 1 is 1.21 bits per heavy atom. The predicted octanol–water partition coefficient (Wildman–Crippen LogP) is 3.75. The molecule has 0 radical (unpaired) electrons. The van der Waals surface area contributed by atoms with E-state index in [1.165, 1.54) is 0 Å². The summed E-state index contributed by atoms with van der Waals surface area (Å²) in [7, 11) is 0. The van der Waals surface area contributed by atoms with Gasteiger partial charge in [0.1, 0.15) is 5.75 Å². The lowest BCUT2D eigenvalue weighted by atomic mass is 9.95. The number of carbonyl (C=O) groups excluding carboxylic acids is 1. The van der Waals surface area contributed by atoms with Crippen LogP contribution in [0.3, 0.4) is 0 Å². The second-order valence-corrected chi connectivity index (χ2v) is 5.42. The first-order chi connectivity index (χ1) is 8.95. The SMILES string of the molecule is CC(C)(CCl)C(=O)Nc1cccc2c(O)cccc12. The molecule has 19 heavy (non-hydrogen) atoms. The smallest absolute Gasteiger partial charge is 0.231 e. The van der Waals surface area contributed by atoms with Gasteiger partial charge in [0.15, 0.2) is 0 Å². The van der Waals surface area contributed by atoms with Crippen molar-refractivity contribution in [3.05, 3.63) is 36.4 Å². The summed E-state index contributed by atoms with van der Waals surface area (Å²) >= 11 is 5.80. The van der Waals surface area contributed by atoms with Crippen molar-refractivity contribution >= 4 is 34.0 Å². The molecule has 2 N–H and O–H groups in total. The Balaban J connectivity index is 2.42. The molecule has 0 aliphatic rings. The first-order valence-corrected chi connectivity index (χ1v) is 6.57. The van der Waals surface area contributed by atoms with E-state index in [4.69, 9.17) is 11.6 Å². The lowest BCUT2D eigenvalue weighted by molar-refractivity contribution is -0.122. The van der Waals surface area contributed by atoms with Crippen molar-refractivity contribution in [2.24, 2.45) is 5.41 Å². The Labute approximate surface area is 117 Å². The van der Waals surface area contributed by atoms with Crippen LogP contribution >= 0.6 is 11.6 Å². The molecule has 0 fully saturated rings. The number of carbonyl (C=O) groups is 1. The van der Waals surface area contributed by atoms with Gasteiger partial charge in [-0.25, -0.2) is 0 Å². The molecule has 1 amide bonds. The Bertz CT molecular complexity index is 623. The molecule has 0 spiro atoms. The van der Waals surface area contributed by atoms with E-state index < -0.39 is 5.41 Å². The second kappa shape index (κ2) is 5.10. The molecule has 0 aliphatic carbocycles. The number of hydrogen-bond donors (Lipinski definition) is 2. The lowest BCUT2D eigenvalue weighted by Crippen LogP contribution is -2.32. The van der Waals surface area contributed by atoms with Gasteiger partial charge in [0.2, 0.25) is 5.91 Å². The second-order valence-electron chi connectivity index (χ2n) is 5.15. The number of alkyl halides is 1. The van der Waals surface area contributed by atoms with Crippen molar-refractivity contribution in [2.75, 3.05) is 11.2 Å². The van der Waals surface area contributed by atoms with Gasteiger partial charge in [0.05, 0.1) is 5.41 Å². The van der Waals surface area contributed by atoms with Crippen LogP contribution in [0.15, 0.2) is 36.4 Å². The number of benzene rings is 2. The minimum atomic E-state index is -0.638. The maximum atomic E-state index is 12.1. The van der Waals surface area contributed by atoms with E-state index in [1.54, 1.807) is 32.0 Å². The van der Waals surface area contributed by atoms with Crippen molar-refractivity contribution in [3.8, 4) is 5.75 Å². The van der Waals surface area contributed by atoms with E-state index >= 15 is 0 Å². The monoisotopic (exact) mass is 277 g/mol. The maximum Gasteiger partial charge on any atom is 0.231 e. The predicted molar refractivity (Wildman–Crippen MR) is 78.7 cm³/mol. The number of halogens is 1. The highest BCUT2D eigenvalue weighted by Crippen LogP contribution is 2.31. The summed E-state index contributed by atoms with van der Waals surface area (Å²) in [6.45, 7) is 3.58. The molecule has 0 atom stereocenters. The summed E-state index contributed by atoms with van der Waals surface area (Å²) in [5, 5.41) is 14.2. The van der Waals surface area contributed by atoms with Crippen LogP contribution in [0, 0.1) is 5.41 Å². The molecule has 3 nitrogen and oxygen atoms in total. The van der Waals surface area contributed by atoms with Gasteiger partial charge in [0.25, 0.3) is 0 Å². The molecular formula is C15H16ClNO2. The third-order valence-corrected chi connectivity index (χ3v) is 3.76. The van der Waals surface area contributed by atoms with Crippen LogP contribution in [0.5, 0.6) is 5.75 Å². The molecule has 0 unspecified atom stereocenters. The Hall–Kier alpha value is -1.74. The largest absolute Gasteiger partial charge is 0.507 e. The summed E-state index contributed by atoms with van der Waals surface area (Å²) < 4.78 is 0. The highest BCUT2D eigenvalue weighted by molar-refractivity contribution is 6.20. The zero-order chi connectivity index (χ0) is 14.0. The molecular weight excluding hydrogens is 262 g/mol. The molecule has 0 saturated heterocycles. The van der Waals surface area contributed by atoms with Gasteiger partial charge >= 0.3 is 0 Å². The highest BCUT2D eigenvalue weighted by atomic mass is 35.5. The van der Waals surface area contributed by atoms with Gasteiger partial charge in [-0.1, -0.05) is 24.3 Å². The fourth-order valence-corrected chi connectivity index (χ4v) is 1.88. The highest BCUT2D eigenvalue weighted by Gasteiger charge is 2.26. The molecule has 2 aromatic rings. The van der Waals surface area contributed by atoms with Gasteiger partial charge in [0, 0.05) is 22.3 Å². The third kappa shape index (κ3) is 2.66. The minimum absolute atomic E-state index is 0.140. The molecule has 0 aliphatic heterocycles. The van der Waals surface area contributed by atoms with Crippen LogP contribution in [-0.2, 0) is 4.79 Å². The number of rotatable bonds is 3. The Kier molecular flexibility index (Phi) is 3.67. The summed E-state index contributed by atoms with van der Waals surface area (Å²) in [4.78, 5) is 12.1. The van der Waals surface area contributed by atoms with E-state index in [2.05, 4.69) is 5.32 Å². The molecule has 4 heteroatoms. The number of fused-ring (bicyclic) bond motifs is 1. The van der Waals surface area contributed by atoms with Crippen molar-refractivity contribution in [2.45, 2.75) is 13.8 Å². The topological polar surface area (TPSA) is 49.3 Å². The lowest BCUT2D eigenvalue weighted by Gasteiger charge is -2.21. The summed E-state index contributed by atoms with van der Waals surface area (Å²) in [6, 6.07) is 10.7. The molecule has 2 rings (SSSR count). The average Bonchev–Trinajstić information content (AvgIpc) is 2.40. The fraction of sp³-hybridized carbons (Fsp3) is 0.267. The van der Waals surface area contributed by atoms with Crippen LogP contribution in [0.2, 0.25) is 0 Å². The van der Waals surface area contributed by atoms with E-state index in [-0.39, 0.29) is 17.5 Å². The molecule has 2 aromatic carbocycles. The molecule has 0 bridgehead atoms. The molecule has 100 valence electrons. The van der Waals surface area contributed by atoms with Gasteiger partial charge in [-0.2, -0.15) is 0 Å². The van der Waals surface area contributed by atoms with Crippen LogP contribution < -0.4 is 5.32 Å². The van der Waals surface area contributed by atoms with Crippen molar-refractivity contribution < 1.29 is 9.90 Å². The molecule has 0 heterocycles. The Morgan fingerprint density at radius 2 is 1.84 bits per heavy atom. The van der Waals surface area contributed by atoms with E-state index in [9.17, 15) is 9.90 Å². The number of anilines is 1. The summed E-state index contributed by atoms with van der Waals surface area (Å²) in [5.41, 5.74) is 0.0391. The number of nitrogens with one attached hydrogen (secondary N) is 1.